The SMILES string of the molecule is c1ccc(-c2ccc(-n3c4ccccc4c4c5c6ccccc6n(-c6cccc(-n7c8ccccc8c8cccnc87)c6)c5ccc43)cc2)cc1.c1ccc(-c2ccc(-n3c4ccccc4c4c5c6ccccc6n(-c6cccc(-n7c8ccccc8c8ccncc87)c6)c5ccc43)cc2)cc1. The van der Waals surface area contributed by atoms with Crippen LogP contribution in [0, 0.1) is 0 Å². The smallest absolute Gasteiger partial charge is 0.145 e. The van der Waals surface area contributed by atoms with E-state index in [0.717, 1.165) is 56.2 Å². The highest BCUT2D eigenvalue weighted by atomic mass is 15.1. The Morgan fingerprint density at radius 2 is 0.480 bits per heavy atom. The topological polar surface area (TPSA) is 55.4 Å². The molecule has 102 heavy (non-hydrogen) atoms. The zero-order chi connectivity index (χ0) is 66.9. The number of hydrogen-bond donors (Lipinski definition) is 0. The highest BCUT2D eigenvalue weighted by molar-refractivity contribution is 6.30. The van der Waals surface area contributed by atoms with Crippen molar-refractivity contribution in [3.63, 3.8) is 0 Å². The minimum absolute atomic E-state index is 0.962. The molecule has 0 aliphatic carbocycles. The van der Waals surface area contributed by atoms with Gasteiger partial charge in [-0.1, -0.05) is 206 Å². The highest BCUT2D eigenvalue weighted by Gasteiger charge is 2.24. The number of para-hydroxylation sites is 6. The first-order valence-electron chi connectivity index (χ1n) is 34.8. The number of aromatic nitrogens is 8. The first-order chi connectivity index (χ1) is 50.7. The van der Waals surface area contributed by atoms with E-state index in [1.54, 1.807) is 0 Å². The summed E-state index contributed by atoms with van der Waals surface area (Å²) in [5, 5.41) is 14.9. The molecule has 0 aliphatic rings. The highest BCUT2D eigenvalue weighted by Crippen LogP contribution is 2.46. The van der Waals surface area contributed by atoms with Gasteiger partial charge in [-0.15, -0.1) is 0 Å². The van der Waals surface area contributed by atoms with E-state index in [9.17, 15) is 0 Å². The van der Waals surface area contributed by atoms with E-state index in [-0.39, 0.29) is 0 Å². The van der Waals surface area contributed by atoms with Crippen molar-refractivity contribution in [2.45, 2.75) is 0 Å². The second-order valence-corrected chi connectivity index (χ2v) is 26.5. The second-order valence-electron chi connectivity index (χ2n) is 26.5. The Kier molecular flexibility index (Phi) is 12.9. The third-order valence-electron chi connectivity index (χ3n) is 21.0. The van der Waals surface area contributed by atoms with E-state index in [2.05, 4.69) is 372 Å². The van der Waals surface area contributed by atoms with Crippen LogP contribution in [-0.2, 0) is 0 Å². The van der Waals surface area contributed by atoms with E-state index in [1.807, 2.05) is 24.7 Å². The second kappa shape index (κ2) is 22.9. The molecule has 22 aromatic rings. The Morgan fingerprint density at radius 3 is 0.902 bits per heavy atom. The molecule has 476 valence electrons. The molecule has 0 fully saturated rings. The summed E-state index contributed by atoms with van der Waals surface area (Å²) in [6.45, 7) is 0. The molecule has 0 spiro atoms. The van der Waals surface area contributed by atoms with Gasteiger partial charge in [0.05, 0.1) is 66.9 Å². The number of pyridine rings is 2. The summed E-state index contributed by atoms with van der Waals surface area (Å²) in [7, 11) is 0. The fraction of sp³-hybridized carbons (Fsp3) is 0. The average molecular weight is 1300 g/mol. The molecule has 8 nitrogen and oxygen atoms in total. The van der Waals surface area contributed by atoms with Crippen LogP contribution in [0.4, 0.5) is 0 Å². The Labute approximate surface area is 585 Å². The Balaban J connectivity index is 0.000000133. The van der Waals surface area contributed by atoms with Crippen LogP contribution in [0.3, 0.4) is 0 Å². The van der Waals surface area contributed by atoms with Gasteiger partial charge in [0.1, 0.15) is 5.65 Å². The van der Waals surface area contributed by atoms with Crippen LogP contribution in [0.15, 0.2) is 364 Å². The lowest BCUT2D eigenvalue weighted by molar-refractivity contribution is 1.11. The summed E-state index contributed by atoms with van der Waals surface area (Å²) in [6, 6.07) is 125. The molecule has 22 rings (SSSR count). The van der Waals surface area contributed by atoms with Crippen LogP contribution < -0.4 is 0 Å². The van der Waals surface area contributed by atoms with Gasteiger partial charge in [-0.05, 0) is 162 Å². The van der Waals surface area contributed by atoms with Crippen molar-refractivity contribution >= 4 is 131 Å². The van der Waals surface area contributed by atoms with Crippen molar-refractivity contribution in [2.24, 2.45) is 0 Å². The third-order valence-corrected chi connectivity index (χ3v) is 21.0. The predicted molar refractivity (Wildman–Crippen MR) is 425 cm³/mol. The number of fused-ring (bicyclic) bond motifs is 20. The van der Waals surface area contributed by atoms with Crippen molar-refractivity contribution in [2.75, 3.05) is 0 Å². The van der Waals surface area contributed by atoms with E-state index in [4.69, 9.17) is 4.98 Å². The molecule has 8 heteroatoms. The fourth-order valence-corrected chi connectivity index (χ4v) is 16.7. The van der Waals surface area contributed by atoms with E-state index >= 15 is 0 Å². The van der Waals surface area contributed by atoms with Gasteiger partial charge in [0.15, 0.2) is 0 Å². The van der Waals surface area contributed by atoms with E-state index in [0.29, 0.717) is 0 Å². The maximum absolute atomic E-state index is 4.85. The Morgan fingerprint density at radius 1 is 0.176 bits per heavy atom. The van der Waals surface area contributed by atoms with Gasteiger partial charge in [-0.2, -0.15) is 0 Å². The summed E-state index contributed by atoms with van der Waals surface area (Å²) in [5.74, 6) is 0. The first-order valence-corrected chi connectivity index (χ1v) is 34.8. The van der Waals surface area contributed by atoms with Crippen LogP contribution in [0.5, 0.6) is 0 Å². The maximum atomic E-state index is 4.85. The van der Waals surface area contributed by atoms with Crippen molar-refractivity contribution in [1.82, 2.24) is 37.4 Å². The normalized spacial score (nSPS) is 11.9. The number of benzene rings is 14. The summed E-state index contributed by atoms with van der Waals surface area (Å²) in [6.07, 6.45) is 5.74. The minimum Gasteiger partial charge on any atom is -0.309 e. The quantitative estimate of drug-likeness (QED) is 0.152. The summed E-state index contributed by atoms with van der Waals surface area (Å²) in [4.78, 5) is 9.37. The number of nitrogens with zero attached hydrogens (tertiary/aromatic N) is 8. The number of rotatable bonds is 8. The molecule has 8 heterocycles. The van der Waals surface area contributed by atoms with E-state index in [1.165, 1.54) is 131 Å². The van der Waals surface area contributed by atoms with Crippen LogP contribution in [-0.4, -0.2) is 37.4 Å². The number of hydrogen-bond acceptors (Lipinski definition) is 2. The fourth-order valence-electron chi connectivity index (χ4n) is 16.7. The van der Waals surface area contributed by atoms with Crippen molar-refractivity contribution in [1.29, 1.82) is 0 Å². The van der Waals surface area contributed by atoms with Crippen LogP contribution in [0.25, 0.3) is 187 Å². The Hall–Kier alpha value is -13.8. The van der Waals surface area contributed by atoms with Gasteiger partial charge < -0.3 is 22.8 Å². The lowest BCUT2D eigenvalue weighted by atomic mass is 10.1. The van der Waals surface area contributed by atoms with Crippen molar-refractivity contribution in [3.8, 4) is 56.4 Å². The molecule has 0 saturated carbocycles. The summed E-state index contributed by atoms with van der Waals surface area (Å²) < 4.78 is 14.3. The third kappa shape index (κ3) is 8.69. The monoisotopic (exact) mass is 1300 g/mol. The molecular formula is C94H60N8. The van der Waals surface area contributed by atoms with Gasteiger partial charge in [-0.25, -0.2) is 4.98 Å². The van der Waals surface area contributed by atoms with Gasteiger partial charge in [-0.3, -0.25) is 9.55 Å². The standard InChI is InChI=1S/2C47H30N4/c1-2-12-31(13-3-1)32-23-25-33(26-24-32)49-41-21-8-5-17-38(41)45-43(49)27-28-44-46(45)39-18-6-9-22-42(39)50(44)34-14-10-15-35(30-34)51-40-20-7-4-16-36(40)37-19-11-29-48-47(37)51;1-2-11-31(12-3-1)32-21-23-33(24-22-32)49-41-19-8-5-16-38(41)46-43(49)25-26-44-47(46)39-17-6-9-20-42(39)50(44)34-13-10-14-35(29-34)51-40-18-7-4-15-36(40)37-27-28-48-30-45(37)51/h2*1-30H. The molecule has 0 amide bonds. The first kappa shape index (κ1) is 57.3. The summed E-state index contributed by atoms with van der Waals surface area (Å²) >= 11 is 0. The van der Waals surface area contributed by atoms with Crippen LogP contribution in [0.2, 0.25) is 0 Å². The molecule has 0 N–H and O–H groups in total. The predicted octanol–water partition coefficient (Wildman–Crippen LogP) is 24.1. The zero-order valence-electron chi connectivity index (χ0n) is 55.2. The summed E-state index contributed by atoms with van der Waals surface area (Å²) in [5.41, 5.74) is 25.5. The average Bonchev–Trinajstić information content (AvgIpc) is 1.55. The van der Waals surface area contributed by atoms with Gasteiger partial charge >= 0.3 is 0 Å². The molecular weight excluding hydrogens is 1240 g/mol. The van der Waals surface area contributed by atoms with E-state index < -0.39 is 0 Å². The molecule has 0 atom stereocenters. The van der Waals surface area contributed by atoms with Crippen molar-refractivity contribution < 1.29 is 0 Å². The van der Waals surface area contributed by atoms with Gasteiger partial charge in [0.2, 0.25) is 0 Å². The molecule has 0 aliphatic heterocycles. The van der Waals surface area contributed by atoms with Crippen LogP contribution in [0.1, 0.15) is 0 Å². The zero-order valence-corrected chi connectivity index (χ0v) is 55.2. The molecule has 0 saturated heterocycles. The van der Waals surface area contributed by atoms with Crippen molar-refractivity contribution in [3.05, 3.63) is 364 Å². The van der Waals surface area contributed by atoms with Gasteiger partial charge in [0.25, 0.3) is 0 Å². The molecule has 14 aromatic carbocycles. The largest absolute Gasteiger partial charge is 0.309 e. The molecule has 0 bridgehead atoms. The molecule has 0 unspecified atom stereocenters. The molecule has 8 aromatic heterocycles. The Bertz CT molecular complexity index is 6570. The van der Waals surface area contributed by atoms with Gasteiger partial charge in [0, 0.05) is 111 Å². The lowest BCUT2D eigenvalue weighted by Gasteiger charge is -2.13. The molecule has 0 radical (unpaired) electrons. The minimum atomic E-state index is 0.962. The maximum Gasteiger partial charge on any atom is 0.145 e. The lowest BCUT2D eigenvalue weighted by Crippen LogP contribution is -1.99. The van der Waals surface area contributed by atoms with Crippen LogP contribution >= 0.6 is 0 Å².